The smallest absolute Gasteiger partial charge is 0.249 e. The van der Waals surface area contributed by atoms with Crippen LogP contribution in [-0.2, 0) is 4.79 Å². The predicted molar refractivity (Wildman–Crippen MR) is 37.2 cm³/mol. The Hall–Kier alpha value is -0.570. The topological polar surface area (TPSA) is 63.3 Å². The molecular weight excluding hydrogens is 130 g/mol. The zero-order chi connectivity index (χ0) is 7.61. The van der Waals surface area contributed by atoms with Crippen molar-refractivity contribution < 1.29 is 9.90 Å². The molecule has 3 nitrogen and oxygen atoms in total. The third-order valence-electron chi connectivity index (χ3n) is 2.14. The van der Waals surface area contributed by atoms with Crippen LogP contribution in [0.3, 0.4) is 0 Å². The summed E-state index contributed by atoms with van der Waals surface area (Å²) in [4.78, 5) is 10.6. The number of primary amides is 1. The zero-order valence-electron chi connectivity index (χ0n) is 5.97. The SMILES string of the molecule is NC(=O)C1(O)CCCCC1. The lowest BCUT2D eigenvalue weighted by Gasteiger charge is -2.28. The van der Waals surface area contributed by atoms with Gasteiger partial charge in [-0.05, 0) is 12.8 Å². The summed E-state index contributed by atoms with van der Waals surface area (Å²) in [5.74, 6) is -0.563. The van der Waals surface area contributed by atoms with Gasteiger partial charge in [-0.25, -0.2) is 0 Å². The Morgan fingerprint density at radius 1 is 1.30 bits per heavy atom. The molecule has 1 amide bonds. The molecule has 0 saturated heterocycles. The molecule has 1 saturated carbocycles. The number of carbonyl (C=O) groups excluding carboxylic acids is 1. The van der Waals surface area contributed by atoms with E-state index < -0.39 is 11.5 Å². The minimum atomic E-state index is -1.18. The van der Waals surface area contributed by atoms with Gasteiger partial charge in [0.2, 0.25) is 5.91 Å². The van der Waals surface area contributed by atoms with Crippen molar-refractivity contribution in [1.82, 2.24) is 0 Å². The summed E-state index contributed by atoms with van der Waals surface area (Å²) in [5, 5.41) is 9.47. The van der Waals surface area contributed by atoms with Gasteiger partial charge in [0, 0.05) is 0 Å². The molecule has 0 aliphatic heterocycles. The second-order valence-corrected chi connectivity index (χ2v) is 2.96. The van der Waals surface area contributed by atoms with Crippen LogP contribution in [0.15, 0.2) is 0 Å². The monoisotopic (exact) mass is 143 g/mol. The summed E-state index contributed by atoms with van der Waals surface area (Å²) in [6.45, 7) is 0. The van der Waals surface area contributed by atoms with Gasteiger partial charge in [-0.3, -0.25) is 4.79 Å². The van der Waals surface area contributed by atoms with Crippen LogP contribution in [-0.4, -0.2) is 16.6 Å². The van der Waals surface area contributed by atoms with E-state index in [1.54, 1.807) is 0 Å². The first-order chi connectivity index (χ1) is 4.65. The van der Waals surface area contributed by atoms with Crippen LogP contribution in [0.25, 0.3) is 0 Å². The van der Waals surface area contributed by atoms with E-state index in [0.717, 1.165) is 19.3 Å². The highest BCUT2D eigenvalue weighted by Crippen LogP contribution is 2.27. The van der Waals surface area contributed by atoms with Crippen molar-refractivity contribution in [3.05, 3.63) is 0 Å². The Morgan fingerprint density at radius 2 is 1.80 bits per heavy atom. The van der Waals surface area contributed by atoms with Gasteiger partial charge in [-0.15, -0.1) is 0 Å². The number of rotatable bonds is 1. The number of aliphatic hydroxyl groups is 1. The van der Waals surface area contributed by atoms with E-state index in [-0.39, 0.29) is 0 Å². The summed E-state index contributed by atoms with van der Waals surface area (Å²) in [7, 11) is 0. The molecule has 58 valence electrons. The molecule has 0 unspecified atom stereocenters. The molecule has 0 atom stereocenters. The summed E-state index contributed by atoms with van der Waals surface area (Å²) >= 11 is 0. The first-order valence-corrected chi connectivity index (χ1v) is 3.67. The maximum Gasteiger partial charge on any atom is 0.249 e. The van der Waals surface area contributed by atoms with Gasteiger partial charge in [0.25, 0.3) is 0 Å². The second-order valence-electron chi connectivity index (χ2n) is 2.96. The Bertz CT molecular complexity index is 139. The lowest BCUT2D eigenvalue weighted by atomic mass is 9.84. The van der Waals surface area contributed by atoms with Crippen LogP contribution in [0.5, 0.6) is 0 Å². The van der Waals surface area contributed by atoms with Crippen LogP contribution < -0.4 is 5.73 Å². The predicted octanol–water partition coefficient (Wildman–Crippen LogP) is 0.167. The van der Waals surface area contributed by atoms with Gasteiger partial charge in [0.15, 0.2) is 0 Å². The van der Waals surface area contributed by atoms with Gasteiger partial charge in [0.05, 0.1) is 0 Å². The van der Waals surface area contributed by atoms with E-state index in [4.69, 9.17) is 5.73 Å². The van der Waals surface area contributed by atoms with Crippen LogP contribution in [0.1, 0.15) is 32.1 Å². The van der Waals surface area contributed by atoms with E-state index in [0.29, 0.717) is 12.8 Å². The molecule has 1 aliphatic carbocycles. The molecule has 0 aromatic heterocycles. The van der Waals surface area contributed by atoms with Crippen molar-refractivity contribution in [2.75, 3.05) is 0 Å². The molecule has 0 spiro atoms. The Morgan fingerprint density at radius 3 is 2.10 bits per heavy atom. The van der Waals surface area contributed by atoms with Crippen LogP contribution in [0.2, 0.25) is 0 Å². The lowest BCUT2D eigenvalue weighted by molar-refractivity contribution is -0.139. The Kier molecular flexibility index (Phi) is 1.94. The van der Waals surface area contributed by atoms with E-state index in [9.17, 15) is 9.90 Å². The summed E-state index contributed by atoms with van der Waals surface area (Å²) < 4.78 is 0. The van der Waals surface area contributed by atoms with Crippen molar-refractivity contribution in [3.63, 3.8) is 0 Å². The first-order valence-electron chi connectivity index (χ1n) is 3.67. The maximum absolute atomic E-state index is 10.6. The molecule has 0 heterocycles. The van der Waals surface area contributed by atoms with Crippen molar-refractivity contribution in [3.8, 4) is 0 Å². The normalized spacial score (nSPS) is 24.1. The van der Waals surface area contributed by atoms with Crippen LogP contribution >= 0.6 is 0 Å². The zero-order valence-corrected chi connectivity index (χ0v) is 5.97. The highest BCUT2D eigenvalue weighted by molar-refractivity contribution is 5.83. The number of amides is 1. The quantitative estimate of drug-likeness (QED) is 0.549. The molecule has 0 aromatic carbocycles. The molecule has 1 rings (SSSR count). The fraction of sp³-hybridized carbons (Fsp3) is 0.857. The number of hydrogen-bond acceptors (Lipinski definition) is 2. The van der Waals surface area contributed by atoms with E-state index in [1.165, 1.54) is 0 Å². The summed E-state index contributed by atoms with van der Waals surface area (Å²) in [5.41, 5.74) is 3.83. The number of hydrogen-bond donors (Lipinski definition) is 2. The lowest BCUT2D eigenvalue weighted by Crippen LogP contribution is -2.45. The maximum atomic E-state index is 10.6. The van der Waals surface area contributed by atoms with Crippen molar-refractivity contribution in [1.29, 1.82) is 0 Å². The molecule has 10 heavy (non-hydrogen) atoms. The van der Waals surface area contributed by atoms with Crippen molar-refractivity contribution in [2.24, 2.45) is 5.73 Å². The van der Waals surface area contributed by atoms with Gasteiger partial charge >= 0.3 is 0 Å². The molecule has 0 aromatic rings. The van der Waals surface area contributed by atoms with Crippen molar-refractivity contribution >= 4 is 5.91 Å². The highest BCUT2D eigenvalue weighted by atomic mass is 16.3. The van der Waals surface area contributed by atoms with E-state index >= 15 is 0 Å². The summed E-state index contributed by atoms with van der Waals surface area (Å²) in [6.07, 6.45) is 4.03. The third kappa shape index (κ3) is 1.29. The standard InChI is InChI=1S/C7H13NO2/c8-6(9)7(10)4-2-1-3-5-7/h10H,1-5H2,(H2,8,9). The minimum absolute atomic E-state index is 0.544. The molecule has 0 bridgehead atoms. The average Bonchev–Trinajstić information content (AvgIpc) is 1.89. The molecular formula is C7H13NO2. The molecule has 3 heteroatoms. The number of nitrogens with two attached hydrogens (primary N) is 1. The highest BCUT2D eigenvalue weighted by Gasteiger charge is 2.34. The fourth-order valence-corrected chi connectivity index (χ4v) is 1.38. The first kappa shape index (κ1) is 7.54. The van der Waals surface area contributed by atoms with Crippen LogP contribution in [0.4, 0.5) is 0 Å². The fourth-order valence-electron chi connectivity index (χ4n) is 1.38. The van der Waals surface area contributed by atoms with Gasteiger partial charge in [-0.1, -0.05) is 19.3 Å². The Balaban J connectivity index is 2.56. The third-order valence-corrected chi connectivity index (χ3v) is 2.14. The molecule has 1 fully saturated rings. The average molecular weight is 143 g/mol. The summed E-state index contributed by atoms with van der Waals surface area (Å²) in [6, 6.07) is 0. The van der Waals surface area contributed by atoms with Gasteiger partial charge < -0.3 is 10.8 Å². The largest absolute Gasteiger partial charge is 0.380 e. The second kappa shape index (κ2) is 2.58. The van der Waals surface area contributed by atoms with Crippen LogP contribution in [0, 0.1) is 0 Å². The van der Waals surface area contributed by atoms with E-state index in [1.807, 2.05) is 0 Å². The molecule has 0 radical (unpaired) electrons. The minimum Gasteiger partial charge on any atom is -0.380 e. The van der Waals surface area contributed by atoms with Gasteiger partial charge in [0.1, 0.15) is 5.60 Å². The van der Waals surface area contributed by atoms with E-state index in [2.05, 4.69) is 0 Å². The molecule has 3 N–H and O–H groups in total. The molecule has 1 aliphatic rings. The van der Waals surface area contributed by atoms with Gasteiger partial charge in [-0.2, -0.15) is 0 Å². The van der Waals surface area contributed by atoms with Crippen molar-refractivity contribution in [2.45, 2.75) is 37.7 Å². The number of carbonyl (C=O) groups is 1. The Labute approximate surface area is 60.2 Å².